The Balaban J connectivity index is 2.06. The highest BCUT2D eigenvalue weighted by molar-refractivity contribution is 5.88. The van der Waals surface area contributed by atoms with Gasteiger partial charge in [-0.2, -0.15) is 0 Å². The van der Waals surface area contributed by atoms with Crippen molar-refractivity contribution in [1.29, 1.82) is 0 Å². The molecule has 0 atom stereocenters. The minimum absolute atomic E-state index is 0.0127. The third kappa shape index (κ3) is 2.48. The summed E-state index contributed by atoms with van der Waals surface area (Å²) in [5.41, 5.74) is 6.77. The van der Waals surface area contributed by atoms with Gasteiger partial charge in [0.1, 0.15) is 11.2 Å². The highest BCUT2D eigenvalue weighted by Gasteiger charge is 2.15. The van der Waals surface area contributed by atoms with Crippen molar-refractivity contribution in [1.82, 2.24) is 9.97 Å². The van der Waals surface area contributed by atoms with Crippen molar-refractivity contribution in [3.8, 4) is 11.5 Å². The smallest absolute Gasteiger partial charge is 0.356 e. The van der Waals surface area contributed by atoms with Crippen molar-refractivity contribution >= 4 is 22.8 Å². The number of nitrogens with zero attached hydrogens (tertiary/aromatic N) is 2. The van der Waals surface area contributed by atoms with Gasteiger partial charge in [-0.25, -0.2) is 19.2 Å². The molecule has 2 N–H and O–H groups in total. The average molecular weight is 301 g/mol. The summed E-state index contributed by atoms with van der Waals surface area (Å²) in [6, 6.07) is 5.76. The fourth-order valence-electron chi connectivity index (χ4n) is 2.02. The van der Waals surface area contributed by atoms with E-state index in [0.29, 0.717) is 11.1 Å². The topological polar surface area (TPSA) is 91.2 Å². The van der Waals surface area contributed by atoms with Gasteiger partial charge < -0.3 is 14.9 Å². The molecule has 6 nitrogen and oxygen atoms in total. The van der Waals surface area contributed by atoms with Gasteiger partial charge in [0.05, 0.1) is 6.61 Å². The maximum atomic E-state index is 13.8. The molecule has 0 bridgehead atoms. The number of hydrogen-bond acceptors (Lipinski definition) is 6. The Morgan fingerprint density at radius 1 is 1.41 bits per heavy atom. The summed E-state index contributed by atoms with van der Waals surface area (Å²) in [4.78, 5) is 19.8. The molecule has 1 aromatic carbocycles. The van der Waals surface area contributed by atoms with Crippen molar-refractivity contribution < 1.29 is 18.3 Å². The number of nitrogen functional groups attached to an aromatic ring is 1. The number of ether oxygens (including phenoxy) is 1. The lowest BCUT2D eigenvalue weighted by atomic mass is 10.2. The molecule has 3 aromatic rings. The van der Waals surface area contributed by atoms with Crippen molar-refractivity contribution in [3.63, 3.8) is 0 Å². The van der Waals surface area contributed by atoms with Crippen LogP contribution in [0.15, 0.2) is 34.9 Å². The Labute approximate surface area is 124 Å². The van der Waals surface area contributed by atoms with Gasteiger partial charge in [0.15, 0.2) is 11.4 Å². The Kier molecular flexibility index (Phi) is 3.46. The first-order valence-corrected chi connectivity index (χ1v) is 6.57. The number of carbonyl (C=O) groups excluding carboxylic acids is 1. The number of pyridine rings is 1. The summed E-state index contributed by atoms with van der Waals surface area (Å²) >= 11 is 0. The van der Waals surface area contributed by atoms with Crippen LogP contribution in [0.25, 0.3) is 22.6 Å². The number of nitrogens with two attached hydrogens (primary N) is 1. The number of rotatable bonds is 3. The first-order valence-electron chi connectivity index (χ1n) is 6.57. The number of fused-ring (bicyclic) bond motifs is 1. The summed E-state index contributed by atoms with van der Waals surface area (Å²) in [6.45, 7) is 1.95. The van der Waals surface area contributed by atoms with E-state index >= 15 is 0 Å². The summed E-state index contributed by atoms with van der Waals surface area (Å²) in [6.07, 6.45) is 1.43. The van der Waals surface area contributed by atoms with E-state index in [4.69, 9.17) is 14.9 Å². The number of hydrogen-bond donors (Lipinski definition) is 1. The van der Waals surface area contributed by atoms with Crippen LogP contribution in [0.3, 0.4) is 0 Å². The van der Waals surface area contributed by atoms with E-state index in [9.17, 15) is 9.18 Å². The second kappa shape index (κ2) is 5.44. The molecule has 0 unspecified atom stereocenters. The molecule has 3 rings (SSSR count). The lowest BCUT2D eigenvalue weighted by Crippen LogP contribution is -2.06. The third-order valence-corrected chi connectivity index (χ3v) is 2.96. The molecule has 0 saturated heterocycles. The Hall–Kier alpha value is -2.96. The van der Waals surface area contributed by atoms with Crippen LogP contribution in [0.5, 0.6) is 0 Å². The fourth-order valence-corrected chi connectivity index (χ4v) is 2.02. The van der Waals surface area contributed by atoms with Crippen LogP contribution in [0.4, 0.5) is 10.1 Å². The molecule has 0 fully saturated rings. The third-order valence-electron chi connectivity index (χ3n) is 2.96. The highest BCUT2D eigenvalue weighted by Crippen LogP contribution is 2.27. The molecule has 0 spiro atoms. The lowest BCUT2D eigenvalue weighted by molar-refractivity contribution is 0.0519. The predicted octanol–water partition coefficient (Wildman–Crippen LogP) is 2.79. The number of anilines is 1. The van der Waals surface area contributed by atoms with Gasteiger partial charge in [-0.15, -0.1) is 0 Å². The largest absolute Gasteiger partial charge is 0.461 e. The van der Waals surface area contributed by atoms with Gasteiger partial charge in [0.25, 0.3) is 0 Å². The lowest BCUT2D eigenvalue weighted by Gasteiger charge is -2.01. The quantitative estimate of drug-likeness (QED) is 0.591. The van der Waals surface area contributed by atoms with Gasteiger partial charge in [-0.1, -0.05) is 0 Å². The number of benzene rings is 1. The summed E-state index contributed by atoms with van der Waals surface area (Å²) < 4.78 is 24.1. The van der Waals surface area contributed by atoms with E-state index in [2.05, 4.69) is 9.97 Å². The normalized spacial score (nSPS) is 10.8. The first kappa shape index (κ1) is 14.0. The van der Waals surface area contributed by atoms with Gasteiger partial charge >= 0.3 is 5.97 Å². The van der Waals surface area contributed by atoms with Crippen molar-refractivity contribution in [2.75, 3.05) is 12.3 Å². The fraction of sp³-hybridized carbons (Fsp3) is 0.133. The molecular formula is C15H12FN3O3. The van der Waals surface area contributed by atoms with Crippen molar-refractivity contribution in [2.24, 2.45) is 0 Å². The van der Waals surface area contributed by atoms with Crippen LogP contribution >= 0.6 is 0 Å². The van der Waals surface area contributed by atoms with E-state index in [1.54, 1.807) is 13.0 Å². The Morgan fingerprint density at radius 2 is 2.23 bits per heavy atom. The SMILES string of the molecule is CCOC(=O)c1cc(-c2nc3cc(N)cc(F)c3o2)ccn1. The zero-order chi connectivity index (χ0) is 15.7. The summed E-state index contributed by atoms with van der Waals surface area (Å²) in [5.74, 6) is -0.961. The van der Waals surface area contributed by atoms with Gasteiger partial charge in [-0.3, -0.25) is 0 Å². The van der Waals surface area contributed by atoms with Gasteiger partial charge in [-0.05, 0) is 25.1 Å². The molecule has 2 aromatic heterocycles. The molecule has 0 aliphatic heterocycles. The van der Waals surface area contributed by atoms with Gasteiger partial charge in [0.2, 0.25) is 5.89 Å². The van der Waals surface area contributed by atoms with E-state index in [1.165, 1.54) is 18.3 Å². The zero-order valence-electron chi connectivity index (χ0n) is 11.7. The first-order chi connectivity index (χ1) is 10.6. The van der Waals surface area contributed by atoms with E-state index in [-0.39, 0.29) is 29.5 Å². The minimum Gasteiger partial charge on any atom is -0.461 e. The minimum atomic E-state index is -0.589. The molecular weight excluding hydrogens is 289 g/mol. The van der Waals surface area contributed by atoms with Crippen LogP contribution in [0.2, 0.25) is 0 Å². The molecule has 0 aliphatic rings. The van der Waals surface area contributed by atoms with E-state index < -0.39 is 11.8 Å². The Morgan fingerprint density at radius 3 is 3.00 bits per heavy atom. The monoisotopic (exact) mass is 301 g/mol. The van der Waals surface area contributed by atoms with Crippen LogP contribution in [-0.4, -0.2) is 22.5 Å². The van der Waals surface area contributed by atoms with Gasteiger partial charge in [0, 0.05) is 23.5 Å². The molecule has 2 heterocycles. The van der Waals surface area contributed by atoms with Crippen LogP contribution in [0.1, 0.15) is 17.4 Å². The standard InChI is InChI=1S/C15H12FN3O3/c1-2-21-15(20)12-5-8(3-4-18-12)14-19-11-7-9(17)6-10(16)13(11)22-14/h3-7H,2,17H2,1H3. The molecule has 22 heavy (non-hydrogen) atoms. The second-order valence-corrected chi connectivity index (χ2v) is 4.52. The number of halogens is 1. The molecule has 0 saturated carbocycles. The molecule has 112 valence electrons. The molecule has 0 aliphatic carbocycles. The Bertz CT molecular complexity index is 860. The van der Waals surface area contributed by atoms with E-state index in [0.717, 1.165) is 6.07 Å². The summed E-state index contributed by atoms with van der Waals surface area (Å²) in [7, 11) is 0. The van der Waals surface area contributed by atoms with Crippen molar-refractivity contribution in [3.05, 3.63) is 42.0 Å². The van der Waals surface area contributed by atoms with Crippen molar-refractivity contribution in [2.45, 2.75) is 6.92 Å². The van der Waals surface area contributed by atoms with Crippen LogP contribution in [-0.2, 0) is 4.74 Å². The highest BCUT2D eigenvalue weighted by atomic mass is 19.1. The maximum Gasteiger partial charge on any atom is 0.356 e. The van der Waals surface area contributed by atoms with E-state index in [1.807, 2.05) is 0 Å². The van der Waals surface area contributed by atoms with Crippen LogP contribution < -0.4 is 5.73 Å². The summed E-state index contributed by atoms with van der Waals surface area (Å²) in [5, 5.41) is 0. The molecule has 7 heteroatoms. The average Bonchev–Trinajstić information content (AvgIpc) is 2.92. The number of aromatic nitrogens is 2. The predicted molar refractivity (Wildman–Crippen MR) is 77.6 cm³/mol. The maximum absolute atomic E-state index is 13.8. The number of carbonyl (C=O) groups is 1. The van der Waals surface area contributed by atoms with Crippen LogP contribution in [0, 0.1) is 5.82 Å². The zero-order valence-corrected chi connectivity index (χ0v) is 11.7. The molecule has 0 amide bonds. The number of oxazole rings is 1. The second-order valence-electron chi connectivity index (χ2n) is 4.52. The molecule has 0 radical (unpaired) electrons. The number of esters is 1.